The minimum atomic E-state index is 0.336. The first-order chi connectivity index (χ1) is 10.6. The molecule has 0 amide bonds. The van der Waals surface area contributed by atoms with Gasteiger partial charge in [0, 0.05) is 17.1 Å². The number of benzene rings is 2. The van der Waals surface area contributed by atoms with Crippen molar-refractivity contribution in [3.63, 3.8) is 0 Å². The molecular weight excluding hydrogens is 296 g/mol. The zero-order valence-corrected chi connectivity index (χ0v) is 13.3. The molecule has 22 heavy (non-hydrogen) atoms. The Morgan fingerprint density at radius 3 is 2.50 bits per heavy atom. The summed E-state index contributed by atoms with van der Waals surface area (Å²) in [6.45, 7) is 4.46. The first kappa shape index (κ1) is 14.8. The molecule has 1 heterocycles. The molecule has 2 aromatic carbocycles. The number of hydrogen-bond donors (Lipinski definition) is 1. The summed E-state index contributed by atoms with van der Waals surface area (Å²) in [5, 5.41) is 9.25. The summed E-state index contributed by atoms with van der Waals surface area (Å²) in [5.41, 5.74) is 11.8. The number of nitrogens with two attached hydrogens (primary N) is 1. The smallest absolute Gasteiger partial charge is 0.105 e. The van der Waals surface area contributed by atoms with Crippen molar-refractivity contribution in [3.05, 3.63) is 64.3 Å². The summed E-state index contributed by atoms with van der Waals surface area (Å²) >= 11 is 5.99. The first-order valence-corrected chi connectivity index (χ1v) is 7.46. The number of rotatable bonds is 3. The van der Waals surface area contributed by atoms with E-state index in [9.17, 15) is 0 Å². The second kappa shape index (κ2) is 5.91. The van der Waals surface area contributed by atoms with Crippen molar-refractivity contribution in [1.82, 2.24) is 15.0 Å². The predicted molar refractivity (Wildman–Crippen MR) is 89.2 cm³/mol. The van der Waals surface area contributed by atoms with Crippen molar-refractivity contribution in [2.24, 2.45) is 5.73 Å². The van der Waals surface area contributed by atoms with Crippen LogP contribution in [0.2, 0.25) is 5.02 Å². The molecule has 0 saturated carbocycles. The maximum atomic E-state index is 5.99. The van der Waals surface area contributed by atoms with Crippen molar-refractivity contribution < 1.29 is 0 Å². The molecule has 0 radical (unpaired) electrons. The molecular formula is C17H17ClN4. The Bertz CT molecular complexity index is 806. The Kier molecular flexibility index (Phi) is 3.96. The van der Waals surface area contributed by atoms with Gasteiger partial charge in [-0.3, -0.25) is 0 Å². The van der Waals surface area contributed by atoms with Crippen LogP contribution in [0, 0.1) is 13.8 Å². The van der Waals surface area contributed by atoms with Crippen LogP contribution in [0.3, 0.4) is 0 Å². The molecule has 0 spiro atoms. The van der Waals surface area contributed by atoms with Crippen LogP contribution < -0.4 is 5.73 Å². The third-order valence-corrected chi connectivity index (χ3v) is 3.90. The van der Waals surface area contributed by atoms with E-state index >= 15 is 0 Å². The lowest BCUT2D eigenvalue weighted by atomic mass is 10.1. The van der Waals surface area contributed by atoms with E-state index in [-0.39, 0.29) is 0 Å². The molecule has 0 bridgehead atoms. The van der Waals surface area contributed by atoms with Gasteiger partial charge in [0.2, 0.25) is 0 Å². The highest BCUT2D eigenvalue weighted by Crippen LogP contribution is 2.28. The SMILES string of the molecule is Cc1ccc(C)c(-n2nnc(CN)c2-c2ccc(Cl)cc2)c1. The predicted octanol–water partition coefficient (Wildman–Crippen LogP) is 3.66. The van der Waals surface area contributed by atoms with E-state index in [2.05, 4.69) is 42.4 Å². The summed E-state index contributed by atoms with van der Waals surface area (Å²) < 4.78 is 1.85. The van der Waals surface area contributed by atoms with Crippen LogP contribution in [0.1, 0.15) is 16.8 Å². The van der Waals surface area contributed by atoms with Crippen molar-refractivity contribution in [2.75, 3.05) is 0 Å². The fourth-order valence-electron chi connectivity index (χ4n) is 2.46. The number of nitrogens with zero attached hydrogens (tertiary/aromatic N) is 3. The zero-order chi connectivity index (χ0) is 15.7. The number of halogens is 1. The van der Waals surface area contributed by atoms with Crippen LogP contribution in [0.4, 0.5) is 0 Å². The average molecular weight is 313 g/mol. The Hall–Kier alpha value is -2.17. The average Bonchev–Trinajstić information content (AvgIpc) is 2.94. The molecule has 1 aromatic heterocycles. The highest BCUT2D eigenvalue weighted by molar-refractivity contribution is 6.30. The lowest BCUT2D eigenvalue weighted by Gasteiger charge is -2.11. The summed E-state index contributed by atoms with van der Waals surface area (Å²) in [4.78, 5) is 0. The molecule has 2 N–H and O–H groups in total. The molecule has 112 valence electrons. The number of hydrogen-bond acceptors (Lipinski definition) is 3. The van der Waals surface area contributed by atoms with Gasteiger partial charge in [0.05, 0.1) is 11.4 Å². The number of aromatic nitrogens is 3. The summed E-state index contributed by atoms with van der Waals surface area (Å²) in [6, 6.07) is 13.9. The molecule has 0 aliphatic rings. The second-order valence-electron chi connectivity index (χ2n) is 5.30. The molecule has 0 fully saturated rings. The quantitative estimate of drug-likeness (QED) is 0.803. The van der Waals surface area contributed by atoms with E-state index in [4.69, 9.17) is 17.3 Å². The van der Waals surface area contributed by atoms with Gasteiger partial charge in [-0.2, -0.15) is 0 Å². The number of aryl methyl sites for hydroxylation is 2. The Balaban J connectivity index is 2.23. The summed E-state index contributed by atoms with van der Waals surface area (Å²) in [6.07, 6.45) is 0. The van der Waals surface area contributed by atoms with E-state index < -0.39 is 0 Å². The van der Waals surface area contributed by atoms with Gasteiger partial charge in [0.1, 0.15) is 5.69 Å². The van der Waals surface area contributed by atoms with E-state index in [1.54, 1.807) is 0 Å². The third kappa shape index (κ3) is 2.63. The van der Waals surface area contributed by atoms with Crippen LogP contribution in [-0.2, 0) is 6.54 Å². The van der Waals surface area contributed by atoms with Gasteiger partial charge in [-0.15, -0.1) is 5.10 Å². The van der Waals surface area contributed by atoms with Gasteiger partial charge in [-0.05, 0) is 43.2 Å². The van der Waals surface area contributed by atoms with Crippen LogP contribution >= 0.6 is 11.6 Å². The van der Waals surface area contributed by atoms with E-state index in [0.29, 0.717) is 11.6 Å². The van der Waals surface area contributed by atoms with Crippen LogP contribution in [0.25, 0.3) is 16.9 Å². The highest BCUT2D eigenvalue weighted by atomic mass is 35.5. The van der Waals surface area contributed by atoms with Crippen molar-refractivity contribution >= 4 is 11.6 Å². The van der Waals surface area contributed by atoms with Crippen molar-refractivity contribution in [1.29, 1.82) is 0 Å². The first-order valence-electron chi connectivity index (χ1n) is 7.08. The van der Waals surface area contributed by atoms with Gasteiger partial charge in [0.25, 0.3) is 0 Å². The standard InChI is InChI=1S/C17H17ClN4/c1-11-3-4-12(2)16(9-11)22-17(15(10-19)20-21-22)13-5-7-14(18)8-6-13/h3-9H,10,19H2,1-2H3. The summed E-state index contributed by atoms with van der Waals surface area (Å²) in [7, 11) is 0. The van der Waals surface area contributed by atoms with E-state index in [0.717, 1.165) is 28.2 Å². The van der Waals surface area contributed by atoms with Gasteiger partial charge < -0.3 is 5.73 Å². The van der Waals surface area contributed by atoms with Crippen LogP contribution in [0.15, 0.2) is 42.5 Å². The molecule has 4 nitrogen and oxygen atoms in total. The molecule has 3 rings (SSSR count). The zero-order valence-electron chi connectivity index (χ0n) is 12.5. The largest absolute Gasteiger partial charge is 0.325 e. The highest BCUT2D eigenvalue weighted by Gasteiger charge is 2.16. The molecule has 0 atom stereocenters. The van der Waals surface area contributed by atoms with Gasteiger partial charge in [-0.1, -0.05) is 41.1 Å². The van der Waals surface area contributed by atoms with E-state index in [1.807, 2.05) is 28.9 Å². The minimum Gasteiger partial charge on any atom is -0.325 e. The lowest BCUT2D eigenvalue weighted by molar-refractivity contribution is 0.795. The maximum Gasteiger partial charge on any atom is 0.105 e. The monoisotopic (exact) mass is 312 g/mol. The normalized spacial score (nSPS) is 10.9. The molecule has 0 saturated heterocycles. The molecule has 0 aliphatic carbocycles. The Morgan fingerprint density at radius 1 is 1.09 bits per heavy atom. The Labute approximate surface area is 134 Å². The maximum absolute atomic E-state index is 5.99. The third-order valence-electron chi connectivity index (χ3n) is 3.64. The topological polar surface area (TPSA) is 56.7 Å². The van der Waals surface area contributed by atoms with Crippen molar-refractivity contribution in [3.8, 4) is 16.9 Å². The fraction of sp³-hybridized carbons (Fsp3) is 0.176. The van der Waals surface area contributed by atoms with Gasteiger partial charge in [0.15, 0.2) is 0 Å². The summed E-state index contributed by atoms with van der Waals surface area (Å²) in [5.74, 6) is 0. The minimum absolute atomic E-state index is 0.336. The van der Waals surface area contributed by atoms with Crippen LogP contribution in [0.5, 0.6) is 0 Å². The van der Waals surface area contributed by atoms with E-state index in [1.165, 1.54) is 5.56 Å². The van der Waals surface area contributed by atoms with Crippen LogP contribution in [-0.4, -0.2) is 15.0 Å². The lowest BCUT2D eigenvalue weighted by Crippen LogP contribution is -2.04. The second-order valence-corrected chi connectivity index (χ2v) is 5.73. The van der Waals surface area contributed by atoms with Gasteiger partial charge >= 0.3 is 0 Å². The Morgan fingerprint density at radius 2 is 1.82 bits per heavy atom. The molecule has 0 unspecified atom stereocenters. The fourth-order valence-corrected chi connectivity index (χ4v) is 2.59. The molecule has 5 heteroatoms. The molecule has 0 aliphatic heterocycles. The molecule has 3 aromatic rings. The van der Waals surface area contributed by atoms with Gasteiger partial charge in [-0.25, -0.2) is 4.68 Å². The van der Waals surface area contributed by atoms with Crippen molar-refractivity contribution in [2.45, 2.75) is 20.4 Å².